The van der Waals surface area contributed by atoms with E-state index in [1.807, 2.05) is 27.7 Å². The van der Waals surface area contributed by atoms with E-state index < -0.39 is 16.6 Å². The molecular formula is C16H22O4. The molecule has 0 fully saturated rings. The number of hydrogen-bond donors (Lipinski definition) is 3. The molecule has 1 aliphatic carbocycles. The number of fused-ring (bicyclic) bond motifs is 1. The lowest BCUT2D eigenvalue weighted by molar-refractivity contribution is 0.111. The Balaban J connectivity index is 3.05. The normalized spacial score (nSPS) is 21.5. The highest BCUT2D eigenvalue weighted by Gasteiger charge is 2.60. The van der Waals surface area contributed by atoms with Crippen LogP contribution in [0.2, 0.25) is 0 Å². The van der Waals surface area contributed by atoms with Gasteiger partial charge in [-0.1, -0.05) is 41.5 Å². The molecule has 0 bridgehead atoms. The van der Waals surface area contributed by atoms with Crippen LogP contribution in [0.4, 0.5) is 0 Å². The van der Waals surface area contributed by atoms with E-state index in [1.54, 1.807) is 0 Å². The number of aldehydes is 1. The van der Waals surface area contributed by atoms with Crippen LogP contribution in [0.25, 0.3) is 0 Å². The first-order valence-electron chi connectivity index (χ1n) is 6.70. The van der Waals surface area contributed by atoms with Gasteiger partial charge in [-0.25, -0.2) is 0 Å². The SMILES string of the molecule is CC1(C)c2c(O)c(O)c(C=O)c(O)c2C(C)(C)C1(C)C. The number of benzene rings is 1. The average Bonchev–Trinajstić information content (AvgIpc) is 2.42. The van der Waals surface area contributed by atoms with Gasteiger partial charge >= 0.3 is 0 Å². The summed E-state index contributed by atoms with van der Waals surface area (Å²) in [5.74, 6) is -1.07. The number of aromatic hydroxyl groups is 3. The maximum atomic E-state index is 11.1. The molecule has 0 saturated carbocycles. The first-order chi connectivity index (χ1) is 8.92. The fraction of sp³-hybridized carbons (Fsp3) is 0.562. The lowest BCUT2D eigenvalue weighted by Crippen LogP contribution is -2.42. The van der Waals surface area contributed by atoms with Crippen LogP contribution in [0.1, 0.15) is 63.0 Å². The van der Waals surface area contributed by atoms with Gasteiger partial charge in [0.1, 0.15) is 11.3 Å². The Kier molecular flexibility index (Phi) is 2.71. The van der Waals surface area contributed by atoms with Gasteiger partial charge in [0.25, 0.3) is 0 Å². The van der Waals surface area contributed by atoms with E-state index >= 15 is 0 Å². The molecule has 3 N–H and O–H groups in total. The summed E-state index contributed by atoms with van der Waals surface area (Å²) in [6, 6.07) is 0. The van der Waals surface area contributed by atoms with E-state index in [1.165, 1.54) is 0 Å². The fourth-order valence-electron chi connectivity index (χ4n) is 3.46. The summed E-state index contributed by atoms with van der Waals surface area (Å²) in [5.41, 5.74) is -0.392. The Labute approximate surface area is 119 Å². The second-order valence-corrected chi connectivity index (χ2v) is 7.20. The molecule has 110 valence electrons. The zero-order valence-corrected chi connectivity index (χ0v) is 12.8. The van der Waals surface area contributed by atoms with Gasteiger partial charge in [-0.05, 0) is 16.2 Å². The van der Waals surface area contributed by atoms with Crippen LogP contribution in [0, 0.1) is 5.41 Å². The van der Waals surface area contributed by atoms with Gasteiger partial charge in [0.05, 0.1) is 0 Å². The Morgan fingerprint density at radius 1 is 0.750 bits per heavy atom. The smallest absolute Gasteiger partial charge is 0.172 e. The molecule has 0 amide bonds. The van der Waals surface area contributed by atoms with Crippen molar-refractivity contribution in [3.8, 4) is 17.2 Å². The van der Waals surface area contributed by atoms with Gasteiger partial charge in [-0.15, -0.1) is 0 Å². The maximum absolute atomic E-state index is 11.1. The molecule has 0 radical (unpaired) electrons. The van der Waals surface area contributed by atoms with E-state index in [0.29, 0.717) is 17.4 Å². The summed E-state index contributed by atoms with van der Waals surface area (Å²) < 4.78 is 0. The molecule has 4 nitrogen and oxygen atoms in total. The molecule has 1 aliphatic rings. The molecule has 0 heterocycles. The van der Waals surface area contributed by atoms with Crippen LogP contribution in [0.3, 0.4) is 0 Å². The average molecular weight is 278 g/mol. The number of rotatable bonds is 1. The monoisotopic (exact) mass is 278 g/mol. The van der Waals surface area contributed by atoms with Crippen molar-refractivity contribution in [2.45, 2.75) is 52.4 Å². The minimum absolute atomic E-state index is 0.228. The standard InChI is InChI=1S/C16H22O4/c1-14(2)9-10(15(3,4)16(14,5)6)13(20)12(19)8(7-17)11(9)18/h7,18-20H,1-6H3. The minimum atomic E-state index is -0.544. The Bertz CT molecular complexity index is 610. The van der Waals surface area contributed by atoms with Crippen molar-refractivity contribution in [2.75, 3.05) is 0 Å². The van der Waals surface area contributed by atoms with Crippen molar-refractivity contribution >= 4 is 6.29 Å². The lowest BCUT2D eigenvalue weighted by Gasteiger charge is -2.44. The number of carbonyl (C=O) groups excluding carboxylic acids is 1. The summed E-state index contributed by atoms with van der Waals surface area (Å²) in [6.07, 6.45) is 0.374. The third-order valence-electron chi connectivity index (χ3n) is 5.95. The molecule has 1 aromatic carbocycles. The molecule has 20 heavy (non-hydrogen) atoms. The highest BCUT2D eigenvalue weighted by atomic mass is 16.3. The number of phenolic OH excluding ortho intramolecular Hbond substituents is 3. The number of carbonyl (C=O) groups is 1. The largest absolute Gasteiger partial charge is 0.507 e. The molecule has 1 aromatic rings. The molecule has 4 heteroatoms. The second-order valence-electron chi connectivity index (χ2n) is 7.20. The van der Waals surface area contributed by atoms with Crippen molar-refractivity contribution < 1.29 is 20.1 Å². The lowest BCUT2D eigenvalue weighted by atomic mass is 9.59. The van der Waals surface area contributed by atoms with Crippen molar-refractivity contribution in [3.05, 3.63) is 16.7 Å². The molecule has 0 aliphatic heterocycles. The molecule has 0 atom stereocenters. The van der Waals surface area contributed by atoms with Crippen molar-refractivity contribution in [3.63, 3.8) is 0 Å². The van der Waals surface area contributed by atoms with E-state index in [0.717, 1.165) is 0 Å². The highest BCUT2D eigenvalue weighted by molar-refractivity contribution is 5.88. The Morgan fingerprint density at radius 3 is 1.55 bits per heavy atom. The van der Waals surface area contributed by atoms with Crippen LogP contribution in [-0.4, -0.2) is 21.6 Å². The first kappa shape index (κ1) is 14.7. The fourth-order valence-corrected chi connectivity index (χ4v) is 3.46. The van der Waals surface area contributed by atoms with Gasteiger partial charge in [-0.2, -0.15) is 0 Å². The maximum Gasteiger partial charge on any atom is 0.172 e. The quantitative estimate of drug-likeness (QED) is 0.419. The van der Waals surface area contributed by atoms with Gasteiger partial charge < -0.3 is 15.3 Å². The summed E-state index contributed by atoms with van der Waals surface area (Å²) in [6.45, 7) is 12.0. The highest BCUT2D eigenvalue weighted by Crippen LogP contribution is 2.67. The first-order valence-corrected chi connectivity index (χ1v) is 6.70. The molecular weight excluding hydrogens is 256 g/mol. The zero-order valence-electron chi connectivity index (χ0n) is 12.8. The number of phenols is 3. The van der Waals surface area contributed by atoms with Crippen LogP contribution in [0.15, 0.2) is 0 Å². The molecule has 0 unspecified atom stereocenters. The summed E-state index contributed by atoms with van der Waals surface area (Å²) in [4.78, 5) is 11.1. The number of hydrogen-bond acceptors (Lipinski definition) is 4. The van der Waals surface area contributed by atoms with Gasteiger partial charge in [-0.3, -0.25) is 4.79 Å². The molecule has 2 rings (SSSR count). The van der Waals surface area contributed by atoms with Crippen LogP contribution in [-0.2, 0) is 10.8 Å². The second kappa shape index (κ2) is 3.68. The van der Waals surface area contributed by atoms with Crippen LogP contribution >= 0.6 is 0 Å². The topological polar surface area (TPSA) is 77.8 Å². The zero-order chi connectivity index (χ0) is 15.7. The summed E-state index contributed by atoms with van der Waals surface area (Å²) in [7, 11) is 0. The minimum Gasteiger partial charge on any atom is -0.507 e. The predicted octanol–water partition coefficient (Wildman–Crippen LogP) is 3.21. The van der Waals surface area contributed by atoms with Gasteiger partial charge in [0.2, 0.25) is 0 Å². The van der Waals surface area contributed by atoms with Crippen LogP contribution in [0.5, 0.6) is 17.2 Å². The predicted molar refractivity (Wildman–Crippen MR) is 76.7 cm³/mol. The third-order valence-corrected chi connectivity index (χ3v) is 5.95. The van der Waals surface area contributed by atoms with E-state index in [9.17, 15) is 20.1 Å². The third kappa shape index (κ3) is 1.29. The summed E-state index contributed by atoms with van der Waals surface area (Å²) in [5, 5.41) is 30.7. The van der Waals surface area contributed by atoms with Gasteiger partial charge in [0, 0.05) is 11.1 Å². The Morgan fingerprint density at radius 2 is 1.15 bits per heavy atom. The van der Waals surface area contributed by atoms with Crippen molar-refractivity contribution in [2.24, 2.45) is 5.41 Å². The van der Waals surface area contributed by atoms with E-state index in [4.69, 9.17) is 0 Å². The molecule has 0 aromatic heterocycles. The molecule has 0 saturated heterocycles. The van der Waals surface area contributed by atoms with E-state index in [2.05, 4.69) is 13.8 Å². The van der Waals surface area contributed by atoms with Crippen molar-refractivity contribution in [1.82, 2.24) is 0 Å². The molecule has 0 spiro atoms. The summed E-state index contributed by atoms with van der Waals surface area (Å²) >= 11 is 0. The van der Waals surface area contributed by atoms with E-state index in [-0.39, 0.29) is 22.5 Å². The van der Waals surface area contributed by atoms with Gasteiger partial charge in [0.15, 0.2) is 17.8 Å². The van der Waals surface area contributed by atoms with Crippen LogP contribution < -0.4 is 0 Å². The van der Waals surface area contributed by atoms with Crippen molar-refractivity contribution in [1.29, 1.82) is 0 Å². The Hall–Kier alpha value is -1.71.